The largest absolute Gasteiger partial charge is 0.497 e. The summed E-state index contributed by atoms with van der Waals surface area (Å²) in [5.41, 5.74) is 3.37. The number of fused-ring (bicyclic) bond motifs is 1. The molecule has 4 rings (SSSR count). The molecule has 36 heavy (non-hydrogen) atoms. The minimum absolute atomic E-state index is 0.129. The average molecular weight is 494 g/mol. The standard InChI is InChI=1S/C28H31NO7/c1-31-20-9-7-8-17(10-20)28(30)29-16-22-18(11-21(32-2)15-24(22)33-3)12-23(29)19-13-25(34-4)27(36-6)26(14-19)35-5/h7-11,13-15,23H,12,16H2,1-6H3. The van der Waals surface area contributed by atoms with E-state index in [9.17, 15) is 4.79 Å². The van der Waals surface area contributed by atoms with Gasteiger partial charge in [-0.2, -0.15) is 0 Å². The molecule has 0 aliphatic carbocycles. The van der Waals surface area contributed by atoms with Gasteiger partial charge in [-0.15, -0.1) is 0 Å². The summed E-state index contributed by atoms with van der Waals surface area (Å²) in [6.45, 7) is 0.347. The van der Waals surface area contributed by atoms with Crippen molar-refractivity contribution in [1.29, 1.82) is 0 Å². The zero-order chi connectivity index (χ0) is 25.8. The van der Waals surface area contributed by atoms with Crippen molar-refractivity contribution < 1.29 is 33.2 Å². The molecule has 8 heteroatoms. The molecule has 1 amide bonds. The van der Waals surface area contributed by atoms with E-state index in [4.69, 9.17) is 28.4 Å². The van der Waals surface area contributed by atoms with Gasteiger partial charge in [0, 0.05) is 17.2 Å². The predicted octanol–water partition coefficient (Wildman–Crippen LogP) is 4.68. The summed E-state index contributed by atoms with van der Waals surface area (Å²) >= 11 is 0. The van der Waals surface area contributed by atoms with Crippen molar-refractivity contribution in [3.63, 3.8) is 0 Å². The first kappa shape index (κ1) is 25.0. The lowest BCUT2D eigenvalue weighted by atomic mass is 9.88. The maximum atomic E-state index is 13.9. The van der Waals surface area contributed by atoms with Crippen LogP contribution in [0.4, 0.5) is 0 Å². The third kappa shape index (κ3) is 4.58. The first-order valence-corrected chi connectivity index (χ1v) is 11.5. The fraction of sp³-hybridized carbons (Fsp3) is 0.321. The number of amides is 1. The van der Waals surface area contributed by atoms with Gasteiger partial charge >= 0.3 is 0 Å². The van der Waals surface area contributed by atoms with Gasteiger partial charge in [0.05, 0.1) is 55.2 Å². The van der Waals surface area contributed by atoms with Crippen molar-refractivity contribution in [1.82, 2.24) is 4.90 Å². The van der Waals surface area contributed by atoms with E-state index in [1.165, 1.54) is 0 Å². The summed E-state index contributed by atoms with van der Waals surface area (Å²) in [5, 5.41) is 0. The van der Waals surface area contributed by atoms with Crippen LogP contribution >= 0.6 is 0 Å². The third-order valence-electron chi connectivity index (χ3n) is 6.50. The van der Waals surface area contributed by atoms with Gasteiger partial charge in [-0.3, -0.25) is 4.79 Å². The number of carbonyl (C=O) groups excluding carboxylic acids is 1. The van der Waals surface area contributed by atoms with E-state index in [0.717, 1.165) is 16.7 Å². The number of carbonyl (C=O) groups is 1. The van der Waals surface area contributed by atoms with Crippen LogP contribution in [-0.4, -0.2) is 53.5 Å². The Balaban J connectivity index is 1.88. The van der Waals surface area contributed by atoms with Crippen LogP contribution in [0.2, 0.25) is 0 Å². The zero-order valence-electron chi connectivity index (χ0n) is 21.4. The lowest BCUT2D eigenvalue weighted by Crippen LogP contribution is -2.39. The number of hydrogen-bond donors (Lipinski definition) is 0. The van der Waals surface area contributed by atoms with Gasteiger partial charge in [-0.25, -0.2) is 0 Å². The minimum atomic E-state index is -0.318. The Morgan fingerprint density at radius 1 is 0.750 bits per heavy atom. The van der Waals surface area contributed by atoms with Crippen molar-refractivity contribution in [2.75, 3.05) is 42.7 Å². The molecule has 3 aromatic carbocycles. The van der Waals surface area contributed by atoms with Crippen LogP contribution in [0.3, 0.4) is 0 Å². The first-order valence-electron chi connectivity index (χ1n) is 11.5. The van der Waals surface area contributed by atoms with E-state index in [1.54, 1.807) is 54.8 Å². The highest BCUT2D eigenvalue weighted by atomic mass is 16.5. The van der Waals surface area contributed by atoms with Crippen LogP contribution in [0.1, 0.15) is 33.1 Å². The van der Waals surface area contributed by atoms with Crippen molar-refractivity contribution in [3.05, 3.63) is 70.8 Å². The number of methoxy groups -OCH3 is 6. The van der Waals surface area contributed by atoms with Crippen LogP contribution in [0.5, 0.6) is 34.5 Å². The van der Waals surface area contributed by atoms with Gasteiger partial charge in [0.1, 0.15) is 17.2 Å². The fourth-order valence-corrected chi connectivity index (χ4v) is 4.66. The van der Waals surface area contributed by atoms with Gasteiger partial charge in [-0.1, -0.05) is 6.07 Å². The molecule has 1 unspecified atom stereocenters. The van der Waals surface area contributed by atoms with Crippen LogP contribution in [-0.2, 0) is 13.0 Å². The van der Waals surface area contributed by atoms with Gasteiger partial charge in [0.2, 0.25) is 5.75 Å². The monoisotopic (exact) mass is 493 g/mol. The Bertz CT molecular complexity index is 1230. The lowest BCUT2D eigenvalue weighted by molar-refractivity contribution is 0.0634. The van der Waals surface area contributed by atoms with Crippen LogP contribution in [0.25, 0.3) is 0 Å². The third-order valence-corrected chi connectivity index (χ3v) is 6.50. The molecular weight excluding hydrogens is 462 g/mol. The van der Waals surface area contributed by atoms with Crippen molar-refractivity contribution in [3.8, 4) is 34.5 Å². The van der Waals surface area contributed by atoms with E-state index < -0.39 is 0 Å². The van der Waals surface area contributed by atoms with Crippen molar-refractivity contribution >= 4 is 5.91 Å². The van der Waals surface area contributed by atoms with E-state index in [-0.39, 0.29) is 11.9 Å². The van der Waals surface area contributed by atoms with Gasteiger partial charge in [0.15, 0.2) is 11.5 Å². The summed E-state index contributed by atoms with van der Waals surface area (Å²) < 4.78 is 33.2. The van der Waals surface area contributed by atoms with Crippen molar-refractivity contribution in [2.24, 2.45) is 0 Å². The molecule has 1 aliphatic rings. The molecule has 8 nitrogen and oxygen atoms in total. The first-order chi connectivity index (χ1) is 17.5. The molecule has 0 fully saturated rings. The lowest BCUT2D eigenvalue weighted by Gasteiger charge is -2.38. The molecule has 1 heterocycles. The molecule has 3 aromatic rings. The number of nitrogens with zero attached hydrogens (tertiary/aromatic N) is 1. The molecule has 0 saturated carbocycles. The molecular formula is C28H31NO7. The second-order valence-electron chi connectivity index (χ2n) is 8.31. The molecule has 0 spiro atoms. The SMILES string of the molecule is COc1cccc(C(=O)N2Cc3c(cc(OC)cc3OC)CC2c2cc(OC)c(OC)c(OC)c2)c1. The fourth-order valence-electron chi connectivity index (χ4n) is 4.66. The maximum Gasteiger partial charge on any atom is 0.254 e. The Kier molecular flexibility index (Phi) is 7.43. The van der Waals surface area contributed by atoms with E-state index in [2.05, 4.69) is 0 Å². The van der Waals surface area contributed by atoms with Gasteiger partial charge < -0.3 is 33.3 Å². The number of benzene rings is 3. The molecule has 1 atom stereocenters. The molecule has 1 aliphatic heterocycles. The average Bonchev–Trinajstić information content (AvgIpc) is 2.94. The van der Waals surface area contributed by atoms with Crippen LogP contribution in [0.15, 0.2) is 48.5 Å². The summed E-state index contributed by atoms with van der Waals surface area (Å²) in [4.78, 5) is 15.8. The topological polar surface area (TPSA) is 75.7 Å². The van der Waals surface area contributed by atoms with E-state index in [0.29, 0.717) is 53.0 Å². The zero-order valence-corrected chi connectivity index (χ0v) is 21.4. The number of rotatable bonds is 8. The molecule has 0 N–H and O–H groups in total. The molecule has 190 valence electrons. The normalized spacial score (nSPS) is 14.5. The number of hydrogen-bond acceptors (Lipinski definition) is 7. The van der Waals surface area contributed by atoms with Crippen molar-refractivity contribution in [2.45, 2.75) is 19.0 Å². The summed E-state index contributed by atoms with van der Waals surface area (Å²) in [7, 11) is 9.54. The van der Waals surface area contributed by atoms with Crippen LogP contribution < -0.4 is 28.4 Å². The molecule has 0 radical (unpaired) electrons. The Morgan fingerprint density at radius 3 is 2.00 bits per heavy atom. The quantitative estimate of drug-likeness (QED) is 0.451. The van der Waals surface area contributed by atoms with Gasteiger partial charge in [-0.05, 0) is 53.9 Å². The molecule has 0 saturated heterocycles. The highest BCUT2D eigenvalue weighted by Gasteiger charge is 2.35. The van der Waals surface area contributed by atoms with Gasteiger partial charge in [0.25, 0.3) is 5.91 Å². The second kappa shape index (κ2) is 10.7. The highest BCUT2D eigenvalue weighted by Crippen LogP contribution is 2.45. The van der Waals surface area contributed by atoms with E-state index in [1.807, 2.05) is 41.3 Å². The van der Waals surface area contributed by atoms with Crippen LogP contribution in [0, 0.1) is 0 Å². The smallest absolute Gasteiger partial charge is 0.254 e. The highest BCUT2D eigenvalue weighted by molar-refractivity contribution is 5.95. The second-order valence-corrected chi connectivity index (χ2v) is 8.31. The maximum absolute atomic E-state index is 13.9. The Morgan fingerprint density at radius 2 is 1.42 bits per heavy atom. The molecule has 0 aromatic heterocycles. The number of ether oxygens (including phenoxy) is 6. The summed E-state index contributed by atoms with van der Waals surface area (Å²) in [6, 6.07) is 14.5. The molecule has 0 bridgehead atoms. The minimum Gasteiger partial charge on any atom is -0.497 e. The summed E-state index contributed by atoms with van der Waals surface area (Å²) in [5.74, 6) is 3.40. The van der Waals surface area contributed by atoms with E-state index >= 15 is 0 Å². The predicted molar refractivity (Wildman–Crippen MR) is 135 cm³/mol. The Labute approximate surface area is 211 Å². The summed E-state index contributed by atoms with van der Waals surface area (Å²) in [6.07, 6.45) is 0.539. The Hall–Kier alpha value is -4.07.